The molecule has 0 radical (unpaired) electrons. The predicted octanol–water partition coefficient (Wildman–Crippen LogP) is 11.3. The predicted molar refractivity (Wildman–Crippen MR) is 198 cm³/mol. The summed E-state index contributed by atoms with van der Waals surface area (Å²) in [7, 11) is 0. The van der Waals surface area contributed by atoms with Gasteiger partial charge in [-0.1, -0.05) is 73.1 Å². The molecule has 3 nitrogen and oxygen atoms in total. The van der Waals surface area contributed by atoms with Gasteiger partial charge in [-0.15, -0.1) is 32.3 Å². The van der Waals surface area contributed by atoms with Crippen LogP contribution in [-0.4, -0.2) is 22.8 Å². The number of hydrogen-bond donors (Lipinski definition) is 2. The molecule has 2 N–H and O–H groups in total. The van der Waals surface area contributed by atoms with Crippen LogP contribution >= 0.6 is 0 Å². The third-order valence-electron chi connectivity index (χ3n) is 12.5. The molecule has 47 heavy (non-hydrogen) atoms. The van der Waals surface area contributed by atoms with Gasteiger partial charge in [-0.2, -0.15) is 0 Å². The summed E-state index contributed by atoms with van der Waals surface area (Å²) >= 11 is 0. The summed E-state index contributed by atoms with van der Waals surface area (Å²) in [4.78, 5) is 11.3. The van der Waals surface area contributed by atoms with Gasteiger partial charge >= 0.3 is 5.97 Å². The molecule has 0 amide bonds. The minimum atomic E-state index is -1.09. The van der Waals surface area contributed by atoms with Crippen molar-refractivity contribution in [2.75, 3.05) is 6.61 Å². The number of rotatable bonds is 3. The molecule has 0 aliphatic heterocycles. The molecular weight excluding hydrogens is 583 g/mol. The maximum Gasteiger partial charge on any atom is 0.335 e. The van der Waals surface area contributed by atoms with E-state index in [2.05, 4.69) is 59.1 Å². The summed E-state index contributed by atoms with van der Waals surface area (Å²) in [5.41, 5.74) is 1.92. The molecule has 4 fully saturated rings. The van der Waals surface area contributed by atoms with Crippen molar-refractivity contribution in [2.45, 2.75) is 120 Å². The van der Waals surface area contributed by atoms with Crippen LogP contribution in [0.15, 0.2) is 36.9 Å². The number of benzene rings is 1. The fourth-order valence-electron chi connectivity index (χ4n) is 11.0. The Labute approximate surface area is 287 Å². The van der Waals surface area contributed by atoms with Crippen LogP contribution in [-0.2, 0) is 0 Å². The largest absolute Gasteiger partial charge is 0.478 e. The highest BCUT2D eigenvalue weighted by atomic mass is 19.1. The average Bonchev–Trinajstić information content (AvgIpc) is 3.54. The number of hydrogen-bond acceptors (Lipinski definition) is 2. The van der Waals surface area contributed by atoms with Crippen molar-refractivity contribution < 1.29 is 19.4 Å². The van der Waals surface area contributed by atoms with E-state index >= 15 is 4.39 Å². The molecule has 262 valence electrons. The van der Waals surface area contributed by atoms with E-state index in [1.54, 1.807) is 18.2 Å². The van der Waals surface area contributed by atoms with E-state index in [1.807, 2.05) is 34.6 Å². The lowest BCUT2D eigenvalue weighted by atomic mass is 9.41. The third-order valence-corrected chi connectivity index (χ3v) is 12.5. The lowest BCUT2D eigenvalue weighted by Crippen LogP contribution is -2.57. The molecule has 0 spiro atoms. The van der Waals surface area contributed by atoms with Crippen LogP contribution in [0.25, 0.3) is 5.57 Å². The number of carbonyl (C=O) groups is 1. The minimum absolute atomic E-state index is 0.00698. The number of allylic oxidation sites excluding steroid dienone is 3. The standard InChI is InChI=1S/C32H43FO3.C3H6.2C2H6.2C2H2/c1-30(2)24(23-7-6-19(29(35)36)17-27(23)33)13-15-31(3)25-10-8-22-20(21(25)9-11-28(30)31)12-16-32(18-34)14-4-5-26(22)32;1-3-2;4*1-2/h6-7,13,17,20-22,25-26,28,34H,4-5,8-12,14-16,18H2,1-3H3,(H,35,36);3H,1H2,2H3;2*1-2H3;2*1-2H/t20?,21?,22?,25?,26?,28?,31-,32-;;;;;/m1...../s1. The van der Waals surface area contributed by atoms with Crippen LogP contribution in [0.5, 0.6) is 0 Å². The van der Waals surface area contributed by atoms with Crippen LogP contribution in [0.4, 0.5) is 4.39 Å². The smallest absolute Gasteiger partial charge is 0.335 e. The summed E-state index contributed by atoms with van der Waals surface area (Å²) in [6.45, 7) is 20.8. The zero-order valence-electron chi connectivity index (χ0n) is 30.8. The molecule has 0 heterocycles. The quantitative estimate of drug-likeness (QED) is 0.253. The monoisotopic (exact) mass is 648 g/mol. The van der Waals surface area contributed by atoms with Crippen molar-refractivity contribution in [3.05, 3.63) is 53.9 Å². The third kappa shape index (κ3) is 7.92. The van der Waals surface area contributed by atoms with Gasteiger partial charge in [0, 0.05) is 12.2 Å². The normalized spacial score (nSPS) is 33.5. The van der Waals surface area contributed by atoms with Gasteiger partial charge in [-0.05, 0) is 134 Å². The van der Waals surface area contributed by atoms with Crippen LogP contribution in [0.2, 0.25) is 0 Å². The summed E-state index contributed by atoms with van der Waals surface area (Å²) < 4.78 is 15.2. The Morgan fingerprint density at radius 3 is 2.04 bits per heavy atom. The van der Waals surface area contributed by atoms with Gasteiger partial charge in [-0.25, -0.2) is 9.18 Å². The van der Waals surface area contributed by atoms with E-state index in [4.69, 9.17) is 0 Å². The van der Waals surface area contributed by atoms with Crippen molar-refractivity contribution in [3.8, 4) is 25.7 Å². The molecular formula is C43H65FO3. The molecule has 1 aromatic rings. The van der Waals surface area contributed by atoms with Gasteiger partial charge < -0.3 is 10.2 Å². The number of terminal acetylenes is 2. The molecule has 0 aromatic heterocycles. The highest BCUT2D eigenvalue weighted by Gasteiger charge is 2.61. The highest BCUT2D eigenvalue weighted by Crippen LogP contribution is 2.69. The number of aliphatic hydroxyl groups is 1. The highest BCUT2D eigenvalue weighted by molar-refractivity contribution is 5.88. The van der Waals surface area contributed by atoms with Crippen molar-refractivity contribution in [2.24, 2.45) is 51.8 Å². The average molecular weight is 649 g/mol. The number of carboxylic acids is 1. The van der Waals surface area contributed by atoms with Gasteiger partial charge in [0.25, 0.3) is 0 Å². The number of fused-ring (bicyclic) bond motifs is 7. The van der Waals surface area contributed by atoms with Gasteiger partial charge in [0.05, 0.1) is 5.56 Å². The fourth-order valence-corrected chi connectivity index (χ4v) is 11.0. The SMILES string of the molecule is C#C.C#C.C=CC.CC.CC.CC1(C)C(c2ccc(C(=O)O)cc2F)=CC[C@]2(C)C3CCC4C(CC[C@@]5(CO)CCCC45)C3CCC12. The van der Waals surface area contributed by atoms with E-state index in [0.29, 0.717) is 18.1 Å². The van der Waals surface area contributed by atoms with Crippen LogP contribution in [0.1, 0.15) is 136 Å². The molecule has 5 aliphatic rings. The number of carboxylic acid groups (broad SMARTS) is 1. The summed E-state index contributed by atoms with van der Waals surface area (Å²) in [5.74, 6) is 2.86. The Kier molecular flexibility index (Phi) is 16.7. The van der Waals surface area contributed by atoms with Crippen molar-refractivity contribution in [3.63, 3.8) is 0 Å². The Morgan fingerprint density at radius 1 is 0.915 bits per heavy atom. The minimum Gasteiger partial charge on any atom is -0.478 e. The maximum absolute atomic E-state index is 15.2. The first-order valence-corrected chi connectivity index (χ1v) is 18.1. The number of halogens is 1. The number of aliphatic hydroxyl groups excluding tert-OH is 1. The summed E-state index contributed by atoms with van der Waals surface area (Å²) in [5, 5.41) is 19.6. The summed E-state index contributed by atoms with van der Waals surface area (Å²) in [6, 6.07) is 4.41. The maximum atomic E-state index is 15.2. The van der Waals surface area contributed by atoms with Gasteiger partial charge in [0.2, 0.25) is 0 Å². The molecule has 4 heteroatoms. The van der Waals surface area contributed by atoms with E-state index in [1.165, 1.54) is 63.9 Å². The zero-order chi connectivity index (χ0) is 36.2. The number of aromatic carboxylic acids is 1. The lowest BCUT2D eigenvalue weighted by molar-refractivity contribution is -0.134. The van der Waals surface area contributed by atoms with E-state index < -0.39 is 11.8 Å². The van der Waals surface area contributed by atoms with Crippen molar-refractivity contribution in [1.29, 1.82) is 0 Å². The van der Waals surface area contributed by atoms with E-state index in [0.717, 1.165) is 41.6 Å². The molecule has 0 saturated heterocycles. The second kappa shape index (κ2) is 18.7. The molecule has 6 unspecified atom stereocenters. The Morgan fingerprint density at radius 2 is 1.49 bits per heavy atom. The zero-order valence-corrected chi connectivity index (χ0v) is 30.8. The first kappa shape index (κ1) is 42.2. The summed E-state index contributed by atoms with van der Waals surface area (Å²) in [6.07, 6.45) is 32.5. The fraction of sp³-hybridized carbons (Fsp3) is 0.651. The topological polar surface area (TPSA) is 57.5 Å². The van der Waals surface area contributed by atoms with Crippen molar-refractivity contribution >= 4 is 11.5 Å². The Balaban J connectivity index is 0.000000907. The van der Waals surface area contributed by atoms with E-state index in [-0.39, 0.29) is 21.8 Å². The van der Waals surface area contributed by atoms with Gasteiger partial charge in [-0.3, -0.25) is 0 Å². The Bertz CT molecular complexity index is 1220. The van der Waals surface area contributed by atoms with Crippen molar-refractivity contribution in [1.82, 2.24) is 0 Å². The molecule has 8 atom stereocenters. The van der Waals surface area contributed by atoms with Crippen LogP contribution in [0, 0.1) is 83.3 Å². The van der Waals surface area contributed by atoms with Crippen LogP contribution < -0.4 is 0 Å². The lowest BCUT2D eigenvalue weighted by Gasteiger charge is -2.64. The Hall–Kier alpha value is -2.82. The first-order valence-electron chi connectivity index (χ1n) is 18.1. The molecule has 6 rings (SSSR count). The molecule has 0 bridgehead atoms. The molecule has 5 aliphatic carbocycles. The van der Waals surface area contributed by atoms with Gasteiger partial charge in [0.15, 0.2) is 0 Å². The van der Waals surface area contributed by atoms with Crippen LogP contribution in [0.3, 0.4) is 0 Å². The second-order valence-electron chi connectivity index (χ2n) is 14.3. The van der Waals surface area contributed by atoms with Gasteiger partial charge in [0.1, 0.15) is 5.82 Å². The first-order chi connectivity index (χ1) is 22.5. The molecule has 1 aromatic carbocycles. The molecule has 4 saturated carbocycles. The second-order valence-corrected chi connectivity index (χ2v) is 14.3. The van der Waals surface area contributed by atoms with E-state index in [9.17, 15) is 15.0 Å².